The van der Waals surface area contributed by atoms with Gasteiger partial charge in [-0.3, -0.25) is 9.78 Å². The molecule has 0 unspecified atom stereocenters. The Balaban J connectivity index is 1.92. The van der Waals surface area contributed by atoms with Crippen molar-refractivity contribution in [3.63, 3.8) is 0 Å². The van der Waals surface area contributed by atoms with Crippen LogP contribution >= 0.6 is 0 Å². The highest BCUT2D eigenvalue weighted by atomic mass is 32.2. The highest BCUT2D eigenvalue weighted by Gasteiger charge is 2.20. The molecule has 24 heavy (non-hydrogen) atoms. The smallest absolute Gasteiger partial charge is 0.267 e. The van der Waals surface area contributed by atoms with Crippen molar-refractivity contribution in [3.05, 3.63) is 66.4 Å². The molecule has 0 saturated carbocycles. The van der Waals surface area contributed by atoms with Gasteiger partial charge >= 0.3 is 0 Å². The fourth-order valence-corrected chi connectivity index (χ4v) is 3.24. The molecule has 0 spiro atoms. The lowest BCUT2D eigenvalue weighted by molar-refractivity contribution is 0.0983. The summed E-state index contributed by atoms with van der Waals surface area (Å²) in [6.45, 7) is 0. The van der Waals surface area contributed by atoms with Crippen molar-refractivity contribution in [2.45, 2.75) is 4.90 Å². The quantitative estimate of drug-likeness (QED) is 0.787. The summed E-state index contributed by atoms with van der Waals surface area (Å²) in [5.74, 6) is -0.200. The van der Waals surface area contributed by atoms with Crippen LogP contribution in [0, 0.1) is 0 Å². The molecule has 1 aromatic heterocycles. The Morgan fingerprint density at radius 1 is 1.04 bits per heavy atom. The Bertz CT molecular complexity index is 993. The predicted molar refractivity (Wildman–Crippen MR) is 89.4 cm³/mol. The topological polar surface area (TPSA) is 85.4 Å². The number of para-hydroxylation sites is 1. The minimum absolute atomic E-state index is 0.0233. The molecule has 0 bridgehead atoms. The van der Waals surface area contributed by atoms with E-state index in [0.29, 0.717) is 11.3 Å². The molecule has 122 valence electrons. The Morgan fingerprint density at radius 3 is 2.46 bits per heavy atom. The van der Waals surface area contributed by atoms with Crippen molar-refractivity contribution < 1.29 is 17.9 Å². The average molecular weight is 342 g/mol. The van der Waals surface area contributed by atoms with Crippen LogP contribution in [0.25, 0.3) is 10.9 Å². The van der Waals surface area contributed by atoms with E-state index >= 15 is 0 Å². The number of hydrogen-bond acceptors (Lipinski definition) is 5. The lowest BCUT2D eigenvalue weighted by Crippen LogP contribution is -2.30. The van der Waals surface area contributed by atoms with Crippen LogP contribution in [0.3, 0.4) is 0 Å². The van der Waals surface area contributed by atoms with Gasteiger partial charge < -0.3 is 4.74 Å². The van der Waals surface area contributed by atoms with Gasteiger partial charge in [0, 0.05) is 11.6 Å². The van der Waals surface area contributed by atoms with E-state index in [2.05, 4.69) is 9.71 Å². The first-order valence-corrected chi connectivity index (χ1v) is 8.54. The van der Waals surface area contributed by atoms with Crippen molar-refractivity contribution in [2.75, 3.05) is 7.11 Å². The van der Waals surface area contributed by atoms with Crippen LogP contribution in [-0.2, 0) is 10.0 Å². The van der Waals surface area contributed by atoms with Crippen LogP contribution in [0.2, 0.25) is 0 Å². The first-order valence-electron chi connectivity index (χ1n) is 7.06. The summed E-state index contributed by atoms with van der Waals surface area (Å²) in [4.78, 5) is 16.5. The SMILES string of the molecule is COc1ccc(S(=O)(=O)NC(=O)c2cccc3cccnc23)cc1. The lowest BCUT2D eigenvalue weighted by atomic mass is 10.1. The zero-order chi connectivity index (χ0) is 17.2. The number of pyridine rings is 1. The second-order valence-electron chi connectivity index (χ2n) is 4.99. The number of ether oxygens (including phenoxy) is 1. The molecule has 0 aliphatic rings. The summed E-state index contributed by atoms with van der Waals surface area (Å²) in [5.41, 5.74) is 0.646. The normalized spacial score (nSPS) is 11.2. The molecule has 6 nitrogen and oxygen atoms in total. The van der Waals surface area contributed by atoms with Gasteiger partial charge in [-0.25, -0.2) is 13.1 Å². The fourth-order valence-electron chi connectivity index (χ4n) is 2.28. The maximum absolute atomic E-state index is 12.4. The van der Waals surface area contributed by atoms with Crippen LogP contribution in [0.1, 0.15) is 10.4 Å². The summed E-state index contributed by atoms with van der Waals surface area (Å²) >= 11 is 0. The van der Waals surface area contributed by atoms with Gasteiger partial charge in [-0.15, -0.1) is 0 Å². The summed E-state index contributed by atoms with van der Waals surface area (Å²) in [7, 11) is -2.50. The van der Waals surface area contributed by atoms with Gasteiger partial charge in [-0.05, 0) is 36.4 Å². The van der Waals surface area contributed by atoms with Crippen molar-refractivity contribution in [3.8, 4) is 5.75 Å². The molecule has 0 fully saturated rings. The van der Waals surface area contributed by atoms with Crippen molar-refractivity contribution in [2.24, 2.45) is 0 Å². The third-order valence-electron chi connectivity index (χ3n) is 3.47. The van der Waals surface area contributed by atoms with E-state index in [-0.39, 0.29) is 10.5 Å². The monoisotopic (exact) mass is 342 g/mol. The molecule has 3 rings (SSSR count). The maximum Gasteiger partial charge on any atom is 0.267 e. The summed E-state index contributed by atoms with van der Waals surface area (Å²) in [5, 5.41) is 0.756. The molecule has 7 heteroatoms. The van der Waals surface area contributed by atoms with E-state index in [1.807, 2.05) is 0 Å². The van der Waals surface area contributed by atoms with E-state index in [9.17, 15) is 13.2 Å². The number of benzene rings is 2. The number of nitrogens with one attached hydrogen (secondary N) is 1. The van der Waals surface area contributed by atoms with E-state index in [1.165, 1.54) is 37.4 Å². The zero-order valence-corrected chi connectivity index (χ0v) is 13.6. The highest BCUT2D eigenvalue weighted by molar-refractivity contribution is 7.90. The van der Waals surface area contributed by atoms with Crippen LogP contribution in [0.15, 0.2) is 65.7 Å². The van der Waals surface area contributed by atoms with Gasteiger partial charge in [0.25, 0.3) is 15.9 Å². The molecule has 0 aliphatic carbocycles. The molecular weight excluding hydrogens is 328 g/mol. The van der Waals surface area contributed by atoms with Crippen LogP contribution in [0.5, 0.6) is 5.75 Å². The predicted octanol–water partition coefficient (Wildman–Crippen LogP) is 2.36. The first kappa shape index (κ1) is 15.9. The summed E-state index contributed by atoms with van der Waals surface area (Å²) < 4.78 is 31.8. The zero-order valence-electron chi connectivity index (χ0n) is 12.8. The number of aromatic nitrogens is 1. The van der Waals surface area contributed by atoms with Crippen molar-refractivity contribution in [1.82, 2.24) is 9.71 Å². The van der Waals surface area contributed by atoms with Gasteiger partial charge in [-0.2, -0.15) is 0 Å². The standard InChI is InChI=1S/C17H14N2O4S/c1-23-13-7-9-14(10-8-13)24(21,22)19-17(20)15-6-2-4-12-5-3-11-18-16(12)15/h2-11H,1H3,(H,19,20). The highest BCUT2D eigenvalue weighted by Crippen LogP contribution is 2.18. The van der Waals surface area contributed by atoms with Gasteiger partial charge in [0.1, 0.15) is 5.75 Å². The number of nitrogens with zero attached hydrogens (tertiary/aromatic N) is 1. The van der Waals surface area contributed by atoms with Crippen LogP contribution < -0.4 is 9.46 Å². The molecule has 3 aromatic rings. The molecule has 0 radical (unpaired) electrons. The number of sulfonamides is 1. The van der Waals surface area contributed by atoms with Crippen molar-refractivity contribution in [1.29, 1.82) is 0 Å². The fraction of sp³-hybridized carbons (Fsp3) is 0.0588. The number of fused-ring (bicyclic) bond motifs is 1. The third-order valence-corrected chi connectivity index (χ3v) is 4.82. The number of hydrogen-bond donors (Lipinski definition) is 1. The lowest BCUT2D eigenvalue weighted by Gasteiger charge is -2.09. The number of carbonyl (C=O) groups is 1. The Kier molecular flexibility index (Phi) is 4.18. The maximum atomic E-state index is 12.4. The molecule has 0 saturated heterocycles. The molecule has 1 amide bonds. The molecule has 0 atom stereocenters. The van der Waals surface area contributed by atoms with E-state index < -0.39 is 15.9 Å². The number of rotatable bonds is 4. The number of methoxy groups -OCH3 is 1. The van der Waals surface area contributed by atoms with Crippen molar-refractivity contribution >= 4 is 26.8 Å². The molecular formula is C17H14N2O4S. The second-order valence-corrected chi connectivity index (χ2v) is 6.67. The summed E-state index contributed by atoms with van der Waals surface area (Å²) in [6, 6.07) is 14.3. The number of amides is 1. The Hall–Kier alpha value is -2.93. The van der Waals surface area contributed by atoms with E-state index in [1.54, 1.807) is 30.5 Å². The molecule has 1 heterocycles. The summed E-state index contributed by atoms with van der Waals surface area (Å²) in [6.07, 6.45) is 1.55. The van der Waals surface area contributed by atoms with E-state index in [0.717, 1.165) is 5.39 Å². The largest absolute Gasteiger partial charge is 0.497 e. The minimum Gasteiger partial charge on any atom is -0.497 e. The van der Waals surface area contributed by atoms with Gasteiger partial charge in [0.15, 0.2) is 0 Å². The second kappa shape index (κ2) is 6.29. The van der Waals surface area contributed by atoms with Gasteiger partial charge in [0.2, 0.25) is 0 Å². The molecule has 1 N–H and O–H groups in total. The Morgan fingerprint density at radius 2 is 1.75 bits per heavy atom. The average Bonchev–Trinajstić information content (AvgIpc) is 2.61. The molecule has 0 aliphatic heterocycles. The van der Waals surface area contributed by atoms with E-state index in [4.69, 9.17) is 4.74 Å². The number of carbonyl (C=O) groups excluding carboxylic acids is 1. The van der Waals surface area contributed by atoms with Gasteiger partial charge in [0.05, 0.1) is 23.1 Å². The first-order chi connectivity index (χ1) is 11.5. The molecule has 2 aromatic carbocycles. The third kappa shape index (κ3) is 3.07. The van der Waals surface area contributed by atoms with Crippen LogP contribution in [0.4, 0.5) is 0 Å². The Labute approximate surface area is 139 Å². The minimum atomic E-state index is -3.98. The van der Waals surface area contributed by atoms with Gasteiger partial charge in [-0.1, -0.05) is 18.2 Å². The van der Waals surface area contributed by atoms with Crippen LogP contribution in [-0.4, -0.2) is 26.4 Å².